The Morgan fingerprint density at radius 1 is 1.29 bits per heavy atom. The molecular formula is C17H21N3O. The van der Waals surface area contributed by atoms with Crippen molar-refractivity contribution in [3.63, 3.8) is 0 Å². The summed E-state index contributed by atoms with van der Waals surface area (Å²) in [6.45, 7) is 3.35. The zero-order valence-electron chi connectivity index (χ0n) is 12.4. The van der Waals surface area contributed by atoms with Gasteiger partial charge in [0.05, 0.1) is 0 Å². The lowest BCUT2D eigenvalue weighted by atomic mass is 9.97. The molecule has 1 N–H and O–H groups in total. The molecule has 1 fully saturated rings. The summed E-state index contributed by atoms with van der Waals surface area (Å²) in [4.78, 5) is 4.70. The summed E-state index contributed by atoms with van der Waals surface area (Å²) in [5.41, 5.74) is 3.64. The average molecular weight is 283 g/mol. The Hall–Kier alpha value is -1.84. The highest BCUT2D eigenvalue weighted by atomic mass is 16.5. The van der Waals surface area contributed by atoms with Gasteiger partial charge in [-0.3, -0.25) is 0 Å². The van der Waals surface area contributed by atoms with Crippen molar-refractivity contribution in [3.05, 3.63) is 29.6 Å². The van der Waals surface area contributed by atoms with E-state index < -0.39 is 0 Å². The molecule has 2 aliphatic rings. The third-order valence-corrected chi connectivity index (χ3v) is 4.83. The monoisotopic (exact) mass is 283 g/mol. The lowest BCUT2D eigenvalue weighted by Crippen LogP contribution is -2.12. The summed E-state index contributed by atoms with van der Waals surface area (Å²) in [7, 11) is 0. The van der Waals surface area contributed by atoms with Crippen LogP contribution in [-0.2, 0) is 6.42 Å². The fraction of sp³-hybridized carbons (Fsp3) is 0.529. The summed E-state index contributed by atoms with van der Waals surface area (Å²) < 4.78 is 5.58. The van der Waals surface area contributed by atoms with Crippen molar-refractivity contribution in [2.24, 2.45) is 5.92 Å². The molecule has 0 radical (unpaired) electrons. The van der Waals surface area contributed by atoms with Crippen molar-refractivity contribution in [2.75, 3.05) is 11.9 Å². The lowest BCUT2D eigenvalue weighted by molar-refractivity contribution is 0.414. The van der Waals surface area contributed by atoms with Gasteiger partial charge in [0.1, 0.15) is 0 Å². The molecule has 1 aliphatic carbocycles. The van der Waals surface area contributed by atoms with Crippen molar-refractivity contribution in [1.82, 2.24) is 10.1 Å². The van der Waals surface area contributed by atoms with E-state index in [9.17, 15) is 0 Å². The number of anilines is 1. The normalized spacial score (nSPS) is 24.6. The number of nitrogens with zero attached hydrogens (tertiary/aromatic N) is 2. The highest BCUT2D eigenvalue weighted by molar-refractivity contribution is 5.69. The summed E-state index contributed by atoms with van der Waals surface area (Å²) in [5.74, 6) is 2.85. The molecule has 1 aliphatic heterocycles. The Balaban J connectivity index is 1.67. The van der Waals surface area contributed by atoms with Crippen LogP contribution in [0.1, 0.15) is 49.9 Å². The largest absolute Gasteiger partial charge is 0.385 e. The molecule has 0 bridgehead atoms. The van der Waals surface area contributed by atoms with Gasteiger partial charge in [0, 0.05) is 23.7 Å². The van der Waals surface area contributed by atoms with Crippen LogP contribution in [0.25, 0.3) is 11.5 Å². The van der Waals surface area contributed by atoms with E-state index in [0.29, 0.717) is 11.8 Å². The number of hydrogen-bond donors (Lipinski definition) is 1. The number of benzene rings is 1. The number of rotatable bonds is 2. The Kier molecular flexibility index (Phi) is 3.17. The van der Waals surface area contributed by atoms with E-state index in [2.05, 4.69) is 35.6 Å². The third kappa shape index (κ3) is 2.33. The first kappa shape index (κ1) is 12.9. The second-order valence-corrected chi connectivity index (χ2v) is 6.43. The van der Waals surface area contributed by atoms with Crippen LogP contribution in [0.2, 0.25) is 0 Å². The molecule has 1 aromatic carbocycles. The standard InChI is InChI=1S/C17H21N3O/c1-11-7-8-12(10-11)16-19-17(21-20-16)14-4-2-6-15-13(14)5-3-9-18-15/h2,4,6,11-12,18H,3,5,7-10H2,1H3. The van der Waals surface area contributed by atoms with Gasteiger partial charge in [-0.2, -0.15) is 4.98 Å². The van der Waals surface area contributed by atoms with E-state index in [-0.39, 0.29) is 0 Å². The summed E-state index contributed by atoms with van der Waals surface area (Å²) >= 11 is 0. The lowest BCUT2D eigenvalue weighted by Gasteiger charge is -2.19. The Bertz CT molecular complexity index is 649. The van der Waals surface area contributed by atoms with Crippen molar-refractivity contribution >= 4 is 5.69 Å². The second kappa shape index (κ2) is 5.17. The van der Waals surface area contributed by atoms with E-state index in [1.165, 1.54) is 30.5 Å². The molecule has 0 saturated heterocycles. The summed E-state index contributed by atoms with van der Waals surface area (Å²) in [5, 5.41) is 7.70. The van der Waals surface area contributed by atoms with Gasteiger partial charge < -0.3 is 9.84 Å². The third-order valence-electron chi connectivity index (χ3n) is 4.83. The molecule has 0 amide bonds. The first-order chi connectivity index (χ1) is 10.3. The predicted octanol–water partition coefficient (Wildman–Crippen LogP) is 4.00. The van der Waals surface area contributed by atoms with Crippen LogP contribution < -0.4 is 5.32 Å². The van der Waals surface area contributed by atoms with Crippen LogP contribution in [0, 0.1) is 5.92 Å². The summed E-state index contributed by atoms with van der Waals surface area (Å²) in [6, 6.07) is 6.29. The van der Waals surface area contributed by atoms with E-state index in [1.807, 2.05) is 0 Å². The van der Waals surface area contributed by atoms with Crippen LogP contribution >= 0.6 is 0 Å². The van der Waals surface area contributed by atoms with E-state index in [4.69, 9.17) is 9.51 Å². The van der Waals surface area contributed by atoms with Gasteiger partial charge in [0.25, 0.3) is 5.89 Å². The SMILES string of the molecule is CC1CCC(c2noc(-c3cccc4c3CCCN4)n2)C1. The molecule has 110 valence electrons. The zero-order chi connectivity index (χ0) is 14.2. The average Bonchev–Trinajstić information content (AvgIpc) is 3.15. The molecule has 1 saturated carbocycles. The molecule has 2 heterocycles. The highest BCUT2D eigenvalue weighted by Crippen LogP contribution is 2.38. The van der Waals surface area contributed by atoms with E-state index in [1.54, 1.807) is 0 Å². The van der Waals surface area contributed by atoms with Crippen LogP contribution in [0.15, 0.2) is 22.7 Å². The molecule has 2 aromatic rings. The maximum Gasteiger partial charge on any atom is 0.258 e. The number of hydrogen-bond acceptors (Lipinski definition) is 4. The molecule has 2 unspecified atom stereocenters. The van der Waals surface area contributed by atoms with Crippen LogP contribution in [0.4, 0.5) is 5.69 Å². The van der Waals surface area contributed by atoms with Crippen molar-refractivity contribution in [1.29, 1.82) is 0 Å². The first-order valence-corrected chi connectivity index (χ1v) is 8.01. The van der Waals surface area contributed by atoms with E-state index >= 15 is 0 Å². The quantitative estimate of drug-likeness (QED) is 0.905. The van der Waals surface area contributed by atoms with Gasteiger partial charge in [-0.1, -0.05) is 18.1 Å². The molecule has 4 rings (SSSR count). The molecule has 2 atom stereocenters. The van der Waals surface area contributed by atoms with E-state index in [0.717, 1.165) is 36.7 Å². The number of aromatic nitrogens is 2. The second-order valence-electron chi connectivity index (χ2n) is 6.43. The smallest absolute Gasteiger partial charge is 0.258 e. The molecule has 4 heteroatoms. The molecule has 1 aromatic heterocycles. The predicted molar refractivity (Wildman–Crippen MR) is 82.3 cm³/mol. The van der Waals surface area contributed by atoms with Gasteiger partial charge >= 0.3 is 0 Å². The van der Waals surface area contributed by atoms with Gasteiger partial charge in [0.15, 0.2) is 5.82 Å². The number of nitrogens with one attached hydrogen (secondary N) is 1. The molecule has 4 nitrogen and oxygen atoms in total. The zero-order valence-corrected chi connectivity index (χ0v) is 12.4. The van der Waals surface area contributed by atoms with Gasteiger partial charge in [-0.25, -0.2) is 0 Å². The van der Waals surface area contributed by atoms with Crippen molar-refractivity contribution in [2.45, 2.75) is 44.9 Å². The Labute approximate surface area is 124 Å². The van der Waals surface area contributed by atoms with Gasteiger partial charge in [0.2, 0.25) is 0 Å². The minimum Gasteiger partial charge on any atom is -0.385 e. The van der Waals surface area contributed by atoms with Crippen LogP contribution in [-0.4, -0.2) is 16.7 Å². The summed E-state index contributed by atoms with van der Waals surface area (Å²) in [6.07, 6.45) is 5.89. The molecule has 21 heavy (non-hydrogen) atoms. The maximum absolute atomic E-state index is 5.58. The first-order valence-electron chi connectivity index (χ1n) is 8.01. The number of fused-ring (bicyclic) bond motifs is 1. The van der Waals surface area contributed by atoms with Crippen molar-refractivity contribution < 1.29 is 4.52 Å². The minimum atomic E-state index is 0.482. The molecular weight excluding hydrogens is 262 g/mol. The fourth-order valence-electron chi connectivity index (χ4n) is 3.66. The van der Waals surface area contributed by atoms with Gasteiger partial charge in [-0.05, 0) is 55.7 Å². The molecule has 0 spiro atoms. The fourth-order valence-corrected chi connectivity index (χ4v) is 3.66. The van der Waals surface area contributed by atoms with Crippen LogP contribution in [0.3, 0.4) is 0 Å². The Morgan fingerprint density at radius 3 is 3.10 bits per heavy atom. The highest BCUT2D eigenvalue weighted by Gasteiger charge is 2.27. The minimum absolute atomic E-state index is 0.482. The van der Waals surface area contributed by atoms with Gasteiger partial charge in [-0.15, -0.1) is 0 Å². The maximum atomic E-state index is 5.58. The topological polar surface area (TPSA) is 51.0 Å². The van der Waals surface area contributed by atoms with Crippen LogP contribution in [0.5, 0.6) is 0 Å². The van der Waals surface area contributed by atoms with Crippen molar-refractivity contribution in [3.8, 4) is 11.5 Å². The Morgan fingerprint density at radius 2 is 2.24 bits per heavy atom.